The van der Waals surface area contributed by atoms with Crippen molar-refractivity contribution >= 4 is 22.9 Å². The van der Waals surface area contributed by atoms with Crippen LogP contribution in [0.15, 0.2) is 12.1 Å². The summed E-state index contributed by atoms with van der Waals surface area (Å²) in [7, 11) is 0. The van der Waals surface area contributed by atoms with Gasteiger partial charge in [0.15, 0.2) is 0 Å². The maximum Gasteiger partial charge on any atom is 0.0316 e. The third kappa shape index (κ3) is 2.99. The molecule has 0 N–H and O–H groups in total. The van der Waals surface area contributed by atoms with Crippen LogP contribution in [0.2, 0.25) is 0 Å². The van der Waals surface area contributed by atoms with Gasteiger partial charge in [0.2, 0.25) is 0 Å². The first-order chi connectivity index (χ1) is 5.92. The van der Waals surface area contributed by atoms with E-state index in [0.717, 1.165) is 6.42 Å². The molecule has 0 aliphatic heterocycles. The second-order valence-corrected chi connectivity index (χ2v) is 6.31. The fourth-order valence-corrected chi connectivity index (χ4v) is 2.97. The van der Waals surface area contributed by atoms with Crippen molar-refractivity contribution in [2.24, 2.45) is 0 Å². The Labute approximate surface area is 89.9 Å². The Balaban J connectivity index is 2.80. The summed E-state index contributed by atoms with van der Waals surface area (Å²) in [5, 5.41) is 0.248. The summed E-state index contributed by atoms with van der Waals surface area (Å²) in [4.78, 5) is 2.82. The number of rotatable bonds is 3. The Kier molecular flexibility index (Phi) is 3.42. The van der Waals surface area contributed by atoms with Gasteiger partial charge in [0.25, 0.3) is 0 Å². The highest BCUT2D eigenvalue weighted by molar-refractivity contribution is 7.12. The third-order valence-corrected chi connectivity index (χ3v) is 3.72. The fraction of sp³-hybridized carbons (Fsp3) is 0.636. The van der Waals surface area contributed by atoms with Gasteiger partial charge in [0.1, 0.15) is 0 Å². The lowest BCUT2D eigenvalue weighted by Crippen LogP contribution is -2.19. The van der Waals surface area contributed by atoms with Gasteiger partial charge in [-0.2, -0.15) is 0 Å². The lowest BCUT2D eigenvalue weighted by molar-refractivity contribution is 0.486. The highest BCUT2D eigenvalue weighted by Gasteiger charge is 2.23. The van der Waals surface area contributed by atoms with Gasteiger partial charge in [0.05, 0.1) is 0 Å². The summed E-state index contributed by atoms with van der Waals surface area (Å²) in [6.45, 7) is 8.73. The summed E-state index contributed by atoms with van der Waals surface area (Å²) in [6.07, 6.45) is 1.04. The quantitative estimate of drug-likeness (QED) is 0.659. The second kappa shape index (κ2) is 4.02. The minimum atomic E-state index is 0.222. The summed E-state index contributed by atoms with van der Waals surface area (Å²) in [5.41, 5.74) is 0.222. The standard InChI is InChI=1S/C11H17ClS/c1-8(12)7-11(3,4)10-6-5-9(2)13-10/h5-6,8H,7H2,1-4H3. The lowest BCUT2D eigenvalue weighted by atomic mass is 9.86. The Morgan fingerprint density at radius 1 is 1.46 bits per heavy atom. The van der Waals surface area contributed by atoms with E-state index < -0.39 is 0 Å². The number of thiophene rings is 1. The lowest BCUT2D eigenvalue weighted by Gasteiger charge is -2.24. The van der Waals surface area contributed by atoms with Gasteiger partial charge < -0.3 is 0 Å². The van der Waals surface area contributed by atoms with Crippen molar-refractivity contribution in [2.75, 3.05) is 0 Å². The number of alkyl halides is 1. The second-order valence-electron chi connectivity index (χ2n) is 4.28. The van der Waals surface area contributed by atoms with Crippen molar-refractivity contribution in [3.05, 3.63) is 21.9 Å². The maximum atomic E-state index is 6.02. The van der Waals surface area contributed by atoms with Crippen LogP contribution >= 0.6 is 22.9 Å². The van der Waals surface area contributed by atoms with Gasteiger partial charge in [-0.1, -0.05) is 13.8 Å². The normalized spacial score (nSPS) is 14.5. The van der Waals surface area contributed by atoms with Crippen molar-refractivity contribution in [1.82, 2.24) is 0 Å². The Hall–Kier alpha value is -0.0100. The van der Waals surface area contributed by atoms with E-state index in [-0.39, 0.29) is 10.8 Å². The molecule has 0 nitrogen and oxygen atoms in total. The van der Waals surface area contributed by atoms with Crippen molar-refractivity contribution in [3.8, 4) is 0 Å². The average Bonchev–Trinajstić information content (AvgIpc) is 2.32. The number of aryl methyl sites for hydroxylation is 1. The molecule has 13 heavy (non-hydrogen) atoms. The molecule has 2 heteroatoms. The molecule has 0 spiro atoms. The fourth-order valence-electron chi connectivity index (χ4n) is 1.60. The van der Waals surface area contributed by atoms with E-state index in [2.05, 4.69) is 39.8 Å². The monoisotopic (exact) mass is 216 g/mol. The Morgan fingerprint density at radius 3 is 2.46 bits per heavy atom. The minimum absolute atomic E-state index is 0.222. The molecule has 74 valence electrons. The molecule has 1 heterocycles. The van der Waals surface area contributed by atoms with Crippen molar-refractivity contribution in [1.29, 1.82) is 0 Å². The molecule has 1 atom stereocenters. The molecule has 1 aromatic heterocycles. The molecule has 0 aliphatic rings. The third-order valence-electron chi connectivity index (χ3n) is 2.20. The van der Waals surface area contributed by atoms with E-state index in [0.29, 0.717) is 0 Å². The van der Waals surface area contributed by atoms with Gasteiger partial charge in [-0.25, -0.2) is 0 Å². The van der Waals surface area contributed by atoms with Crippen LogP contribution in [0.4, 0.5) is 0 Å². The molecule has 1 rings (SSSR count). The van der Waals surface area contributed by atoms with Crippen LogP contribution in [-0.4, -0.2) is 5.38 Å². The molecule has 0 amide bonds. The predicted octanol–water partition coefficient (Wildman–Crippen LogP) is 4.35. The molecule has 1 unspecified atom stereocenters. The number of hydrogen-bond acceptors (Lipinski definition) is 1. The zero-order valence-corrected chi connectivity index (χ0v) is 10.3. The molecular weight excluding hydrogens is 200 g/mol. The number of hydrogen-bond donors (Lipinski definition) is 0. The molecule has 0 saturated heterocycles. The van der Waals surface area contributed by atoms with E-state index in [9.17, 15) is 0 Å². The van der Waals surface area contributed by atoms with Crippen molar-refractivity contribution in [3.63, 3.8) is 0 Å². The first kappa shape index (κ1) is 11.1. The van der Waals surface area contributed by atoms with Crippen molar-refractivity contribution < 1.29 is 0 Å². The van der Waals surface area contributed by atoms with E-state index >= 15 is 0 Å². The van der Waals surface area contributed by atoms with Crippen molar-refractivity contribution in [2.45, 2.75) is 44.9 Å². The topological polar surface area (TPSA) is 0 Å². The van der Waals surface area contributed by atoms with Crippen LogP contribution in [0, 0.1) is 6.92 Å². The summed E-state index contributed by atoms with van der Waals surface area (Å²) in [6, 6.07) is 4.40. The zero-order valence-electron chi connectivity index (χ0n) is 8.73. The van der Waals surface area contributed by atoms with Crippen LogP contribution in [0.1, 0.15) is 36.9 Å². The van der Waals surface area contributed by atoms with Gasteiger partial charge in [-0.05, 0) is 32.4 Å². The predicted molar refractivity (Wildman–Crippen MR) is 62.0 cm³/mol. The van der Waals surface area contributed by atoms with Crippen LogP contribution in [-0.2, 0) is 5.41 Å². The Bertz CT molecular complexity index is 273. The molecule has 0 radical (unpaired) electrons. The SMILES string of the molecule is Cc1ccc(C(C)(C)CC(C)Cl)s1. The van der Waals surface area contributed by atoms with Crippen LogP contribution in [0.25, 0.3) is 0 Å². The molecule has 0 saturated carbocycles. The average molecular weight is 217 g/mol. The molecule has 0 aromatic carbocycles. The Morgan fingerprint density at radius 2 is 2.08 bits per heavy atom. The smallest absolute Gasteiger partial charge is 0.0316 e. The van der Waals surface area contributed by atoms with Gasteiger partial charge in [-0.15, -0.1) is 22.9 Å². The molecule has 0 bridgehead atoms. The maximum absolute atomic E-state index is 6.02. The van der Waals surface area contributed by atoms with Crippen LogP contribution in [0.3, 0.4) is 0 Å². The zero-order chi connectivity index (χ0) is 10.1. The first-order valence-corrected chi connectivity index (χ1v) is 5.88. The van der Waals surface area contributed by atoms with E-state index in [1.807, 2.05) is 11.3 Å². The van der Waals surface area contributed by atoms with E-state index in [4.69, 9.17) is 11.6 Å². The first-order valence-electron chi connectivity index (χ1n) is 4.63. The summed E-state index contributed by atoms with van der Waals surface area (Å²) >= 11 is 7.90. The van der Waals surface area contributed by atoms with Crippen LogP contribution in [0.5, 0.6) is 0 Å². The van der Waals surface area contributed by atoms with Gasteiger partial charge in [-0.3, -0.25) is 0 Å². The molecule has 0 fully saturated rings. The molecule has 1 aromatic rings. The minimum Gasteiger partial charge on any atom is -0.145 e. The molecule has 0 aliphatic carbocycles. The summed E-state index contributed by atoms with van der Waals surface area (Å²) in [5.74, 6) is 0. The highest BCUT2D eigenvalue weighted by Crippen LogP contribution is 2.34. The van der Waals surface area contributed by atoms with Gasteiger partial charge in [0, 0.05) is 20.5 Å². The van der Waals surface area contributed by atoms with Gasteiger partial charge >= 0.3 is 0 Å². The van der Waals surface area contributed by atoms with Crippen LogP contribution < -0.4 is 0 Å². The molecular formula is C11H17ClS. The summed E-state index contributed by atoms with van der Waals surface area (Å²) < 4.78 is 0. The van der Waals surface area contributed by atoms with E-state index in [1.165, 1.54) is 9.75 Å². The highest BCUT2D eigenvalue weighted by atomic mass is 35.5. The largest absolute Gasteiger partial charge is 0.145 e. The number of halogens is 1. The van der Waals surface area contributed by atoms with E-state index in [1.54, 1.807) is 0 Å².